The van der Waals surface area contributed by atoms with Crippen LogP contribution in [0.3, 0.4) is 0 Å². The van der Waals surface area contributed by atoms with Crippen molar-refractivity contribution in [2.24, 2.45) is 7.05 Å². The molecule has 0 aliphatic carbocycles. The lowest BCUT2D eigenvalue weighted by molar-refractivity contribution is 0.176. The van der Waals surface area contributed by atoms with Gasteiger partial charge in [-0.15, -0.1) is 0 Å². The Balaban J connectivity index is 1.19. The molecular weight excluding hydrogens is 536 g/mol. The molecule has 5 heterocycles. The molecule has 0 spiro atoms. The van der Waals surface area contributed by atoms with Crippen LogP contribution in [0.25, 0.3) is 28.0 Å². The Morgan fingerprint density at radius 1 is 0.951 bits per heavy atom. The minimum Gasteiger partial charge on any atom is -0.354 e. The molecule has 0 radical (unpaired) electrons. The van der Waals surface area contributed by atoms with Gasteiger partial charge in [-0.2, -0.15) is 15.5 Å². The van der Waals surface area contributed by atoms with Gasteiger partial charge in [-0.1, -0.05) is 23.7 Å². The highest BCUT2D eigenvalue weighted by Gasteiger charge is 2.23. The third-order valence-corrected chi connectivity index (χ3v) is 7.90. The molecule has 0 amide bonds. The van der Waals surface area contributed by atoms with Crippen LogP contribution in [0, 0.1) is 11.3 Å². The molecular formula is C30H31ClN10. The summed E-state index contributed by atoms with van der Waals surface area (Å²) in [6.45, 7) is 4.66. The zero-order chi connectivity index (χ0) is 28.5. The van der Waals surface area contributed by atoms with E-state index in [-0.39, 0.29) is 0 Å². The summed E-state index contributed by atoms with van der Waals surface area (Å²) >= 11 is 6.12. The Hall–Kier alpha value is -4.30. The molecule has 41 heavy (non-hydrogen) atoms. The number of hydrogen-bond donors (Lipinski definition) is 0. The van der Waals surface area contributed by atoms with Crippen LogP contribution in [0.5, 0.6) is 0 Å². The molecule has 4 aromatic heterocycles. The van der Waals surface area contributed by atoms with Gasteiger partial charge in [0.1, 0.15) is 23.0 Å². The van der Waals surface area contributed by atoms with Gasteiger partial charge in [-0.05, 0) is 43.9 Å². The van der Waals surface area contributed by atoms with Crippen molar-refractivity contribution in [3.63, 3.8) is 0 Å². The number of pyridine rings is 1. The number of rotatable bonds is 7. The zero-order valence-electron chi connectivity index (χ0n) is 23.3. The number of aromatic nitrogens is 6. The molecule has 0 bridgehead atoms. The second-order valence-electron chi connectivity index (χ2n) is 10.6. The van der Waals surface area contributed by atoms with Crippen LogP contribution in [0.1, 0.15) is 17.2 Å². The zero-order valence-corrected chi connectivity index (χ0v) is 24.1. The molecule has 1 aliphatic rings. The largest absolute Gasteiger partial charge is 0.354 e. The summed E-state index contributed by atoms with van der Waals surface area (Å²) in [4.78, 5) is 16.8. The lowest BCUT2D eigenvalue weighted by Crippen LogP contribution is -2.48. The van der Waals surface area contributed by atoms with E-state index in [1.165, 1.54) is 5.56 Å². The van der Waals surface area contributed by atoms with Crippen molar-refractivity contribution in [3.05, 3.63) is 83.5 Å². The van der Waals surface area contributed by atoms with Gasteiger partial charge in [0.15, 0.2) is 0 Å². The number of anilines is 1. The first-order chi connectivity index (χ1) is 19.9. The molecule has 1 unspecified atom stereocenters. The van der Waals surface area contributed by atoms with Crippen molar-refractivity contribution in [3.8, 4) is 28.6 Å². The fraction of sp³-hybridized carbons (Fsp3) is 0.300. The van der Waals surface area contributed by atoms with Crippen LogP contribution in [-0.2, 0) is 7.05 Å². The Morgan fingerprint density at radius 2 is 1.73 bits per heavy atom. The monoisotopic (exact) mass is 566 g/mol. The van der Waals surface area contributed by atoms with Crippen molar-refractivity contribution in [2.45, 2.75) is 6.04 Å². The second-order valence-corrected chi connectivity index (χ2v) is 11.0. The van der Waals surface area contributed by atoms with Gasteiger partial charge in [-0.25, -0.2) is 14.5 Å². The van der Waals surface area contributed by atoms with E-state index in [0.29, 0.717) is 22.8 Å². The highest BCUT2D eigenvalue weighted by Crippen LogP contribution is 2.30. The summed E-state index contributed by atoms with van der Waals surface area (Å²) in [5, 5.41) is 19.1. The minimum atomic E-state index is 0.296. The van der Waals surface area contributed by atoms with E-state index in [9.17, 15) is 5.26 Å². The van der Waals surface area contributed by atoms with Gasteiger partial charge in [0.2, 0.25) is 0 Å². The summed E-state index contributed by atoms with van der Waals surface area (Å²) in [6, 6.07) is 14.8. The van der Waals surface area contributed by atoms with E-state index in [4.69, 9.17) is 21.6 Å². The van der Waals surface area contributed by atoms with Crippen LogP contribution >= 0.6 is 11.6 Å². The maximum absolute atomic E-state index is 9.70. The van der Waals surface area contributed by atoms with Crippen LogP contribution in [0.15, 0.2) is 67.4 Å². The summed E-state index contributed by atoms with van der Waals surface area (Å²) in [6.07, 6.45) is 8.91. The Kier molecular flexibility index (Phi) is 7.41. The first kappa shape index (κ1) is 26.9. The highest BCUT2D eigenvalue weighted by atomic mass is 35.5. The van der Waals surface area contributed by atoms with Crippen molar-refractivity contribution in [2.75, 3.05) is 51.7 Å². The van der Waals surface area contributed by atoms with Gasteiger partial charge < -0.3 is 9.80 Å². The fourth-order valence-corrected chi connectivity index (χ4v) is 5.49. The smallest absolute Gasteiger partial charge is 0.128 e. The van der Waals surface area contributed by atoms with Crippen molar-refractivity contribution >= 4 is 22.9 Å². The number of halogens is 1. The molecule has 1 aromatic carbocycles. The molecule has 5 aromatic rings. The van der Waals surface area contributed by atoms with Gasteiger partial charge in [0.05, 0.1) is 30.0 Å². The van der Waals surface area contributed by atoms with Gasteiger partial charge >= 0.3 is 0 Å². The van der Waals surface area contributed by atoms with E-state index in [2.05, 4.69) is 57.2 Å². The predicted molar refractivity (Wildman–Crippen MR) is 160 cm³/mol. The summed E-state index contributed by atoms with van der Waals surface area (Å²) in [5.74, 6) is 0.934. The van der Waals surface area contributed by atoms with Crippen LogP contribution in [-0.4, -0.2) is 86.0 Å². The SMILES string of the molecule is CN(C)C(CN1CCN(c2ccc(-c3nc(-c4cnn(C)c4)cn4ncc(C#N)c34)cn2)CC1)c1ccc(Cl)cc1. The van der Waals surface area contributed by atoms with Crippen molar-refractivity contribution in [1.29, 1.82) is 5.26 Å². The summed E-state index contributed by atoms with van der Waals surface area (Å²) in [5.41, 5.74) is 5.51. The maximum Gasteiger partial charge on any atom is 0.128 e. The molecule has 6 rings (SSSR count). The van der Waals surface area contributed by atoms with Crippen LogP contribution < -0.4 is 4.90 Å². The number of benzene rings is 1. The van der Waals surface area contributed by atoms with Gasteiger partial charge in [0, 0.05) is 74.4 Å². The molecule has 1 aliphatic heterocycles. The molecule has 1 atom stereocenters. The number of hydrogen-bond acceptors (Lipinski definition) is 8. The quantitative estimate of drug-likeness (QED) is 0.290. The normalized spacial score (nSPS) is 15.0. The Morgan fingerprint density at radius 3 is 2.37 bits per heavy atom. The fourth-order valence-electron chi connectivity index (χ4n) is 5.36. The Labute approximate surface area is 244 Å². The second kappa shape index (κ2) is 11.3. The summed E-state index contributed by atoms with van der Waals surface area (Å²) in [7, 11) is 6.12. The first-order valence-electron chi connectivity index (χ1n) is 13.5. The number of aryl methyl sites for hydroxylation is 1. The first-order valence-corrected chi connectivity index (χ1v) is 13.9. The average Bonchev–Trinajstić information content (AvgIpc) is 3.62. The molecule has 0 N–H and O–H groups in total. The standard InChI is InChI=1S/C30H31ClN10/c1-37(2)27(21-4-7-25(31)8-5-21)20-39-10-12-40(13-11-39)28-9-6-22(15-33-28)29-30-23(14-32)16-35-41(30)19-26(36-29)24-17-34-38(3)18-24/h4-9,15-19,27H,10-13,20H2,1-3H3. The van der Waals surface area contributed by atoms with E-state index < -0.39 is 0 Å². The molecule has 1 saturated heterocycles. The Bertz CT molecular complexity index is 1690. The van der Waals surface area contributed by atoms with Gasteiger partial charge in [0.25, 0.3) is 0 Å². The third-order valence-electron chi connectivity index (χ3n) is 7.64. The van der Waals surface area contributed by atoms with E-state index >= 15 is 0 Å². The molecule has 208 valence electrons. The molecule has 11 heteroatoms. The van der Waals surface area contributed by atoms with E-state index in [1.54, 1.807) is 21.6 Å². The highest BCUT2D eigenvalue weighted by molar-refractivity contribution is 6.30. The number of piperazine rings is 1. The van der Waals surface area contributed by atoms with E-state index in [1.807, 2.05) is 49.9 Å². The maximum atomic E-state index is 9.70. The molecule has 10 nitrogen and oxygen atoms in total. The van der Waals surface area contributed by atoms with Crippen LogP contribution in [0.4, 0.5) is 5.82 Å². The topological polar surface area (TPSA) is 94.4 Å². The lowest BCUT2D eigenvalue weighted by Gasteiger charge is -2.38. The number of nitriles is 1. The number of nitrogens with zero attached hydrogens (tertiary/aromatic N) is 10. The number of likely N-dealkylation sites (N-methyl/N-ethyl adjacent to an activating group) is 1. The van der Waals surface area contributed by atoms with Crippen LogP contribution in [0.2, 0.25) is 5.02 Å². The number of fused-ring (bicyclic) bond motifs is 1. The molecule has 0 saturated carbocycles. The average molecular weight is 567 g/mol. The minimum absolute atomic E-state index is 0.296. The van der Waals surface area contributed by atoms with Crippen molar-refractivity contribution < 1.29 is 0 Å². The van der Waals surface area contributed by atoms with Gasteiger partial charge in [-0.3, -0.25) is 9.58 Å². The molecule has 1 fully saturated rings. The predicted octanol–water partition coefficient (Wildman–Crippen LogP) is 4.14. The summed E-state index contributed by atoms with van der Waals surface area (Å²) < 4.78 is 3.44. The van der Waals surface area contributed by atoms with Crippen molar-refractivity contribution in [1.82, 2.24) is 39.2 Å². The third kappa shape index (κ3) is 5.52. The van der Waals surface area contributed by atoms with E-state index in [0.717, 1.165) is 60.4 Å². The lowest BCUT2D eigenvalue weighted by atomic mass is 10.1.